The minimum atomic E-state index is -1.78. The molecule has 0 saturated heterocycles. The van der Waals surface area contributed by atoms with Gasteiger partial charge in [-0.1, -0.05) is 36.8 Å². The topological polar surface area (TPSA) is 101 Å². The van der Waals surface area contributed by atoms with Crippen LogP contribution in [-0.4, -0.2) is 31.5 Å². The van der Waals surface area contributed by atoms with Gasteiger partial charge in [0.1, 0.15) is 5.82 Å². The number of aliphatic hydroxyl groups is 2. The van der Waals surface area contributed by atoms with Gasteiger partial charge in [-0.05, 0) is 86.1 Å². The first-order chi connectivity index (χ1) is 16.5. The monoisotopic (exact) mass is 475 g/mol. The maximum atomic E-state index is 13.4. The van der Waals surface area contributed by atoms with Gasteiger partial charge in [0.2, 0.25) is 0 Å². The van der Waals surface area contributed by atoms with Gasteiger partial charge >= 0.3 is 0 Å². The second kappa shape index (κ2) is 8.14. The molecule has 3 atom stereocenters. The number of amides is 1. The SMILES string of the molecule is CC(O)(C(N)=O)c1ccccc1CCC1(O)CCC2=Cc3c(cnn3-c3ccc(F)cc3)C[C@]21C. The number of nitrogens with two attached hydrogens (primary N) is 1. The van der Waals surface area contributed by atoms with Crippen molar-refractivity contribution in [1.29, 1.82) is 0 Å². The van der Waals surface area contributed by atoms with E-state index in [2.05, 4.69) is 18.1 Å². The van der Waals surface area contributed by atoms with Crippen molar-refractivity contribution in [1.82, 2.24) is 9.78 Å². The minimum Gasteiger partial charge on any atom is -0.389 e. The number of fused-ring (bicyclic) bond motifs is 2. The van der Waals surface area contributed by atoms with Crippen molar-refractivity contribution >= 4 is 12.0 Å². The number of halogens is 1. The molecule has 1 saturated carbocycles. The fraction of sp³-hybridized carbons (Fsp3) is 0.357. The summed E-state index contributed by atoms with van der Waals surface area (Å²) in [6.07, 6.45) is 6.97. The van der Waals surface area contributed by atoms with Gasteiger partial charge in [0.05, 0.1) is 23.2 Å². The van der Waals surface area contributed by atoms with Crippen LogP contribution < -0.4 is 5.73 Å². The van der Waals surface area contributed by atoms with E-state index in [1.54, 1.807) is 24.3 Å². The standard InChI is InChI=1S/C28H30FN3O3/c1-26-16-19-17-31-32(22-9-7-21(29)8-10-22)24(19)15-20(26)12-14-28(26,35)13-11-18-5-3-4-6-23(18)27(2,34)25(30)33/h3-10,15,17,34-35H,11-14,16H2,1-2H3,(H2,30,33)/t26-,27?,28?/m1/s1. The van der Waals surface area contributed by atoms with Crippen molar-refractivity contribution in [2.75, 3.05) is 0 Å². The average Bonchev–Trinajstić information content (AvgIpc) is 3.34. The summed E-state index contributed by atoms with van der Waals surface area (Å²) in [5, 5.41) is 27.2. The summed E-state index contributed by atoms with van der Waals surface area (Å²) >= 11 is 0. The molecule has 5 rings (SSSR count). The Balaban J connectivity index is 1.43. The van der Waals surface area contributed by atoms with Gasteiger partial charge in [0, 0.05) is 5.41 Å². The Bertz CT molecular complexity index is 1330. The Morgan fingerprint density at radius 3 is 2.66 bits per heavy atom. The van der Waals surface area contributed by atoms with Gasteiger partial charge in [0.25, 0.3) is 5.91 Å². The molecule has 1 aromatic heterocycles. The molecule has 0 bridgehead atoms. The zero-order valence-corrected chi connectivity index (χ0v) is 20.0. The first kappa shape index (κ1) is 23.5. The first-order valence-corrected chi connectivity index (χ1v) is 11.9. The van der Waals surface area contributed by atoms with Crippen LogP contribution in [0.15, 0.2) is 60.3 Å². The molecular formula is C28H30FN3O3. The van der Waals surface area contributed by atoms with Crippen LogP contribution in [0.2, 0.25) is 0 Å². The molecular weight excluding hydrogens is 445 g/mol. The second-order valence-electron chi connectivity index (χ2n) is 10.2. The van der Waals surface area contributed by atoms with Gasteiger partial charge < -0.3 is 15.9 Å². The molecule has 2 aliphatic carbocycles. The molecule has 0 spiro atoms. The van der Waals surface area contributed by atoms with Crippen molar-refractivity contribution < 1.29 is 19.4 Å². The van der Waals surface area contributed by atoms with E-state index in [4.69, 9.17) is 5.73 Å². The Hall–Kier alpha value is -3.29. The second-order valence-corrected chi connectivity index (χ2v) is 10.2. The number of hydrogen-bond donors (Lipinski definition) is 3. The van der Waals surface area contributed by atoms with E-state index in [9.17, 15) is 19.4 Å². The third-order valence-corrected chi connectivity index (χ3v) is 8.19. The maximum Gasteiger partial charge on any atom is 0.253 e. The lowest BCUT2D eigenvalue weighted by Crippen LogP contribution is -2.45. The van der Waals surface area contributed by atoms with Gasteiger partial charge in [0.15, 0.2) is 5.60 Å². The van der Waals surface area contributed by atoms with Gasteiger partial charge in [-0.25, -0.2) is 9.07 Å². The van der Waals surface area contributed by atoms with Crippen LogP contribution in [-0.2, 0) is 23.2 Å². The smallest absolute Gasteiger partial charge is 0.253 e. The molecule has 6 nitrogen and oxygen atoms in total. The number of hydrogen-bond acceptors (Lipinski definition) is 4. The van der Waals surface area contributed by atoms with Gasteiger partial charge in [-0.3, -0.25) is 4.79 Å². The van der Waals surface area contributed by atoms with Crippen LogP contribution >= 0.6 is 0 Å². The Morgan fingerprint density at radius 2 is 1.94 bits per heavy atom. The Kier molecular flexibility index (Phi) is 5.45. The molecule has 35 heavy (non-hydrogen) atoms. The highest BCUT2D eigenvalue weighted by Crippen LogP contribution is 2.57. The summed E-state index contributed by atoms with van der Waals surface area (Å²) in [5.74, 6) is -1.10. The maximum absolute atomic E-state index is 13.4. The number of nitrogens with zero attached hydrogens (tertiary/aromatic N) is 2. The van der Waals surface area contributed by atoms with Crippen LogP contribution in [0.3, 0.4) is 0 Å². The van der Waals surface area contributed by atoms with Gasteiger partial charge in [-0.15, -0.1) is 0 Å². The fourth-order valence-electron chi connectivity index (χ4n) is 5.81. The predicted octanol–water partition coefficient (Wildman–Crippen LogP) is 3.81. The van der Waals surface area contributed by atoms with Crippen LogP contribution in [0.5, 0.6) is 0 Å². The normalized spacial score (nSPS) is 24.9. The highest BCUT2D eigenvalue weighted by atomic mass is 19.1. The summed E-state index contributed by atoms with van der Waals surface area (Å²) in [6, 6.07) is 13.5. The highest BCUT2D eigenvalue weighted by Gasteiger charge is 2.54. The van der Waals surface area contributed by atoms with Crippen LogP contribution in [0.25, 0.3) is 11.8 Å². The quantitative estimate of drug-likeness (QED) is 0.505. The van der Waals surface area contributed by atoms with Gasteiger partial charge in [-0.2, -0.15) is 5.10 Å². The highest BCUT2D eigenvalue weighted by molar-refractivity contribution is 5.84. The molecule has 0 radical (unpaired) electrons. The molecule has 1 heterocycles. The van der Waals surface area contributed by atoms with E-state index < -0.39 is 22.5 Å². The lowest BCUT2D eigenvalue weighted by molar-refractivity contribution is -0.135. The zero-order chi connectivity index (χ0) is 25.0. The molecule has 182 valence electrons. The molecule has 1 amide bonds. The van der Waals surface area contributed by atoms with E-state index in [1.807, 2.05) is 23.0 Å². The molecule has 2 unspecified atom stereocenters. The van der Waals surface area contributed by atoms with Crippen molar-refractivity contribution in [3.63, 3.8) is 0 Å². The Labute approximate surface area is 203 Å². The van der Waals surface area contributed by atoms with Crippen LogP contribution in [0, 0.1) is 11.2 Å². The number of benzene rings is 2. The molecule has 2 aromatic carbocycles. The fourth-order valence-corrected chi connectivity index (χ4v) is 5.81. The number of carbonyl (C=O) groups excluding carboxylic acids is 1. The number of rotatable bonds is 6. The van der Waals surface area contributed by atoms with Crippen molar-refractivity contribution in [2.45, 2.75) is 57.2 Å². The summed E-state index contributed by atoms with van der Waals surface area (Å²) in [5.41, 5.74) is 7.50. The van der Waals surface area contributed by atoms with E-state index in [0.717, 1.165) is 28.9 Å². The van der Waals surface area contributed by atoms with E-state index in [-0.39, 0.29) is 5.82 Å². The lowest BCUT2D eigenvalue weighted by atomic mass is 9.65. The third-order valence-electron chi connectivity index (χ3n) is 8.19. The number of aryl methyl sites for hydroxylation is 1. The zero-order valence-electron chi connectivity index (χ0n) is 20.0. The summed E-state index contributed by atoms with van der Waals surface area (Å²) in [7, 11) is 0. The third kappa shape index (κ3) is 3.70. The van der Waals surface area contributed by atoms with Crippen molar-refractivity contribution in [3.8, 4) is 5.69 Å². The molecule has 3 aromatic rings. The molecule has 7 heteroatoms. The predicted molar refractivity (Wildman–Crippen MR) is 131 cm³/mol. The lowest BCUT2D eigenvalue weighted by Gasteiger charge is -2.42. The Morgan fingerprint density at radius 1 is 1.23 bits per heavy atom. The average molecular weight is 476 g/mol. The van der Waals surface area contributed by atoms with E-state index >= 15 is 0 Å². The van der Waals surface area contributed by atoms with Crippen LogP contribution in [0.4, 0.5) is 4.39 Å². The minimum absolute atomic E-state index is 0.291. The van der Waals surface area contributed by atoms with E-state index in [0.29, 0.717) is 31.2 Å². The number of primary amides is 1. The number of carbonyl (C=O) groups is 1. The molecule has 4 N–H and O–H groups in total. The van der Waals surface area contributed by atoms with E-state index in [1.165, 1.54) is 24.6 Å². The number of aromatic nitrogens is 2. The largest absolute Gasteiger partial charge is 0.389 e. The van der Waals surface area contributed by atoms with Crippen molar-refractivity contribution in [3.05, 3.63) is 88.5 Å². The molecule has 0 aliphatic heterocycles. The molecule has 1 fully saturated rings. The van der Waals surface area contributed by atoms with Crippen LogP contribution in [0.1, 0.15) is 55.5 Å². The summed E-state index contributed by atoms with van der Waals surface area (Å²) < 4.78 is 15.2. The summed E-state index contributed by atoms with van der Waals surface area (Å²) in [6.45, 7) is 3.51. The molecule has 2 aliphatic rings. The van der Waals surface area contributed by atoms with Crippen molar-refractivity contribution in [2.24, 2.45) is 11.1 Å². The summed E-state index contributed by atoms with van der Waals surface area (Å²) in [4.78, 5) is 11.9. The first-order valence-electron chi connectivity index (χ1n) is 11.9.